The second kappa shape index (κ2) is 5.69. The first kappa shape index (κ1) is 12.0. The van der Waals surface area contributed by atoms with E-state index in [4.69, 9.17) is 5.73 Å². The van der Waals surface area contributed by atoms with Crippen LogP contribution >= 0.6 is 0 Å². The van der Waals surface area contributed by atoms with E-state index >= 15 is 0 Å². The summed E-state index contributed by atoms with van der Waals surface area (Å²) in [6, 6.07) is 0. The van der Waals surface area contributed by atoms with Gasteiger partial charge in [0.2, 0.25) is 5.95 Å². The van der Waals surface area contributed by atoms with Gasteiger partial charge in [0.1, 0.15) is 0 Å². The third kappa shape index (κ3) is 2.91. The molecule has 3 heteroatoms. The predicted molar refractivity (Wildman–Crippen MR) is 63.6 cm³/mol. The van der Waals surface area contributed by atoms with Crippen LogP contribution in [-0.4, -0.2) is 9.97 Å². The standard InChI is InChI=1S/C10H15N3.C2H6/c1-2-7-3-4-9-8(5-7)6-12-10(11)13-9;1-2/h6-7H,2-5H2,1H3,(H2,11,12,13);1-2H3. The van der Waals surface area contributed by atoms with Crippen molar-refractivity contribution in [2.45, 2.75) is 46.5 Å². The molecule has 15 heavy (non-hydrogen) atoms. The smallest absolute Gasteiger partial charge is 0.220 e. The molecular weight excluding hydrogens is 186 g/mol. The summed E-state index contributed by atoms with van der Waals surface area (Å²) >= 11 is 0. The molecule has 1 unspecified atom stereocenters. The van der Waals surface area contributed by atoms with Gasteiger partial charge >= 0.3 is 0 Å². The zero-order valence-corrected chi connectivity index (χ0v) is 9.95. The van der Waals surface area contributed by atoms with E-state index in [9.17, 15) is 0 Å². The fourth-order valence-electron chi connectivity index (χ4n) is 1.95. The first-order valence-corrected chi connectivity index (χ1v) is 5.90. The van der Waals surface area contributed by atoms with Gasteiger partial charge in [0, 0.05) is 11.9 Å². The summed E-state index contributed by atoms with van der Waals surface area (Å²) in [6.07, 6.45) is 6.59. The number of nitrogens with two attached hydrogens (primary N) is 1. The first-order valence-electron chi connectivity index (χ1n) is 5.90. The summed E-state index contributed by atoms with van der Waals surface area (Å²) in [5.41, 5.74) is 7.99. The summed E-state index contributed by atoms with van der Waals surface area (Å²) in [6.45, 7) is 6.24. The number of anilines is 1. The van der Waals surface area contributed by atoms with Crippen molar-refractivity contribution in [2.75, 3.05) is 5.73 Å². The maximum atomic E-state index is 5.53. The fourth-order valence-corrected chi connectivity index (χ4v) is 1.95. The lowest BCUT2D eigenvalue weighted by molar-refractivity contribution is 0.439. The van der Waals surface area contributed by atoms with Crippen LogP contribution in [0.15, 0.2) is 6.20 Å². The zero-order valence-electron chi connectivity index (χ0n) is 9.95. The maximum absolute atomic E-state index is 5.53. The van der Waals surface area contributed by atoms with Crippen molar-refractivity contribution in [1.82, 2.24) is 9.97 Å². The number of aromatic nitrogens is 2. The van der Waals surface area contributed by atoms with Crippen LogP contribution in [0.25, 0.3) is 0 Å². The Morgan fingerprint density at radius 2 is 2.20 bits per heavy atom. The number of rotatable bonds is 1. The van der Waals surface area contributed by atoms with Crippen molar-refractivity contribution in [1.29, 1.82) is 0 Å². The highest BCUT2D eigenvalue weighted by molar-refractivity contribution is 5.27. The first-order chi connectivity index (χ1) is 7.29. The van der Waals surface area contributed by atoms with E-state index in [0.29, 0.717) is 5.95 Å². The van der Waals surface area contributed by atoms with Crippen LogP contribution in [0.2, 0.25) is 0 Å². The molecule has 0 bridgehead atoms. The number of nitrogen functional groups attached to an aromatic ring is 1. The van der Waals surface area contributed by atoms with Gasteiger partial charge in [-0.25, -0.2) is 9.97 Å². The van der Waals surface area contributed by atoms with Gasteiger partial charge in [0.15, 0.2) is 0 Å². The molecule has 0 aromatic carbocycles. The van der Waals surface area contributed by atoms with E-state index in [1.54, 1.807) is 0 Å². The SMILES string of the molecule is CC.CCC1CCc2nc(N)ncc2C1. The van der Waals surface area contributed by atoms with Crippen LogP contribution in [0.4, 0.5) is 5.95 Å². The molecule has 0 radical (unpaired) electrons. The lowest BCUT2D eigenvalue weighted by Crippen LogP contribution is -2.16. The van der Waals surface area contributed by atoms with Gasteiger partial charge in [-0.3, -0.25) is 0 Å². The Hall–Kier alpha value is -1.12. The number of hydrogen-bond donors (Lipinski definition) is 1. The van der Waals surface area contributed by atoms with Crippen molar-refractivity contribution in [3.05, 3.63) is 17.5 Å². The molecule has 0 aliphatic heterocycles. The van der Waals surface area contributed by atoms with Crippen molar-refractivity contribution in [3.8, 4) is 0 Å². The van der Waals surface area contributed by atoms with Crippen LogP contribution in [0.1, 0.15) is 44.9 Å². The molecule has 1 aliphatic rings. The summed E-state index contributed by atoms with van der Waals surface area (Å²) < 4.78 is 0. The minimum atomic E-state index is 0.411. The Balaban J connectivity index is 0.000000531. The molecule has 1 aromatic heterocycles. The average molecular weight is 207 g/mol. The fraction of sp³-hybridized carbons (Fsp3) is 0.667. The molecule has 0 fully saturated rings. The highest BCUT2D eigenvalue weighted by Gasteiger charge is 2.18. The molecule has 1 aliphatic carbocycles. The summed E-state index contributed by atoms with van der Waals surface area (Å²) in [7, 11) is 0. The highest BCUT2D eigenvalue weighted by Crippen LogP contribution is 2.25. The molecule has 0 amide bonds. The number of hydrogen-bond acceptors (Lipinski definition) is 3. The van der Waals surface area contributed by atoms with Gasteiger partial charge in [0.25, 0.3) is 0 Å². The van der Waals surface area contributed by atoms with E-state index < -0.39 is 0 Å². The highest BCUT2D eigenvalue weighted by atomic mass is 15.0. The van der Waals surface area contributed by atoms with Crippen molar-refractivity contribution in [2.24, 2.45) is 5.92 Å². The van der Waals surface area contributed by atoms with Crippen molar-refractivity contribution in [3.63, 3.8) is 0 Å². The van der Waals surface area contributed by atoms with Crippen LogP contribution in [0.5, 0.6) is 0 Å². The summed E-state index contributed by atoms with van der Waals surface area (Å²) in [4.78, 5) is 8.28. The van der Waals surface area contributed by atoms with E-state index in [-0.39, 0.29) is 0 Å². The number of aryl methyl sites for hydroxylation is 1. The Morgan fingerprint density at radius 3 is 2.87 bits per heavy atom. The van der Waals surface area contributed by atoms with Crippen LogP contribution < -0.4 is 5.73 Å². The molecule has 1 heterocycles. The summed E-state index contributed by atoms with van der Waals surface area (Å²) in [5, 5.41) is 0. The third-order valence-corrected chi connectivity index (χ3v) is 2.85. The van der Waals surface area contributed by atoms with E-state index in [1.807, 2.05) is 20.0 Å². The third-order valence-electron chi connectivity index (χ3n) is 2.85. The monoisotopic (exact) mass is 207 g/mol. The van der Waals surface area contributed by atoms with Gasteiger partial charge in [-0.1, -0.05) is 27.2 Å². The Labute approximate surface area is 92.1 Å². The Kier molecular flexibility index (Phi) is 4.53. The topological polar surface area (TPSA) is 51.8 Å². The molecule has 0 saturated carbocycles. The molecule has 84 valence electrons. The molecule has 3 nitrogen and oxygen atoms in total. The lowest BCUT2D eigenvalue weighted by Gasteiger charge is -2.22. The Morgan fingerprint density at radius 1 is 1.47 bits per heavy atom. The van der Waals surface area contributed by atoms with Gasteiger partial charge < -0.3 is 5.73 Å². The van der Waals surface area contributed by atoms with Crippen molar-refractivity contribution >= 4 is 5.95 Å². The number of fused-ring (bicyclic) bond motifs is 1. The van der Waals surface area contributed by atoms with Gasteiger partial charge in [0.05, 0.1) is 0 Å². The Bertz CT molecular complexity index is 310. The molecular formula is C12H21N3. The van der Waals surface area contributed by atoms with Crippen LogP contribution in [0.3, 0.4) is 0 Å². The molecule has 0 saturated heterocycles. The van der Waals surface area contributed by atoms with E-state index in [0.717, 1.165) is 24.5 Å². The zero-order chi connectivity index (χ0) is 11.3. The molecule has 1 aromatic rings. The van der Waals surface area contributed by atoms with Crippen LogP contribution in [-0.2, 0) is 12.8 Å². The van der Waals surface area contributed by atoms with Gasteiger partial charge in [-0.2, -0.15) is 0 Å². The minimum Gasteiger partial charge on any atom is -0.368 e. The molecule has 1 atom stereocenters. The molecule has 2 N–H and O–H groups in total. The van der Waals surface area contributed by atoms with Crippen molar-refractivity contribution < 1.29 is 0 Å². The quantitative estimate of drug-likeness (QED) is 0.770. The van der Waals surface area contributed by atoms with Gasteiger partial charge in [-0.15, -0.1) is 0 Å². The van der Waals surface area contributed by atoms with Crippen LogP contribution in [0, 0.1) is 5.92 Å². The lowest BCUT2D eigenvalue weighted by atomic mass is 9.86. The second-order valence-electron chi connectivity index (χ2n) is 3.72. The summed E-state index contributed by atoms with van der Waals surface area (Å²) in [5.74, 6) is 1.23. The maximum Gasteiger partial charge on any atom is 0.220 e. The minimum absolute atomic E-state index is 0.411. The van der Waals surface area contributed by atoms with E-state index in [2.05, 4.69) is 16.9 Å². The predicted octanol–water partition coefficient (Wildman–Crippen LogP) is 2.60. The normalized spacial score (nSPS) is 18.7. The number of nitrogens with zero attached hydrogens (tertiary/aromatic N) is 2. The second-order valence-corrected chi connectivity index (χ2v) is 3.72. The van der Waals surface area contributed by atoms with Gasteiger partial charge in [-0.05, 0) is 30.7 Å². The molecule has 0 spiro atoms. The largest absolute Gasteiger partial charge is 0.368 e. The molecule has 2 rings (SSSR count). The average Bonchev–Trinajstić information content (AvgIpc) is 2.31. The van der Waals surface area contributed by atoms with E-state index in [1.165, 1.54) is 18.4 Å².